The number of amides is 1. The molecule has 1 aromatic rings. The van der Waals surface area contributed by atoms with E-state index in [1.165, 1.54) is 11.1 Å². The van der Waals surface area contributed by atoms with Crippen LogP contribution in [0.25, 0.3) is 0 Å². The van der Waals surface area contributed by atoms with Crippen LogP contribution in [0.15, 0.2) is 36.4 Å². The molecule has 0 heterocycles. The quantitative estimate of drug-likeness (QED) is 0.836. The number of hydrogen-bond donors (Lipinski definition) is 2. The summed E-state index contributed by atoms with van der Waals surface area (Å²) in [6, 6.07) is 8.43. The lowest BCUT2D eigenvalue weighted by molar-refractivity contribution is -0.147. The number of carboxylic acids is 1. The molecule has 1 aromatic carbocycles. The fourth-order valence-corrected chi connectivity index (χ4v) is 4.94. The summed E-state index contributed by atoms with van der Waals surface area (Å²) in [5, 5.41) is 12.6. The molecule has 0 spiro atoms. The van der Waals surface area contributed by atoms with E-state index in [0.717, 1.165) is 19.3 Å². The van der Waals surface area contributed by atoms with E-state index in [4.69, 9.17) is 0 Å². The van der Waals surface area contributed by atoms with E-state index < -0.39 is 17.8 Å². The first-order valence-electron chi connectivity index (χ1n) is 8.72. The standard InChI is InChI=1S/C20H23NO3/c1-20(9-14-4-2-3-5-15(14)10-20)11-21-18(22)16-12-6-7-13(8-12)17(16)19(23)24/h2-7,12-13,16-17H,8-11H2,1H3,(H,21,22)(H,23,24). The Morgan fingerprint density at radius 2 is 1.71 bits per heavy atom. The van der Waals surface area contributed by atoms with Crippen LogP contribution >= 0.6 is 0 Å². The van der Waals surface area contributed by atoms with Gasteiger partial charge in [0.2, 0.25) is 5.91 Å². The number of nitrogens with one attached hydrogen (secondary N) is 1. The van der Waals surface area contributed by atoms with E-state index in [2.05, 4.69) is 36.5 Å². The minimum Gasteiger partial charge on any atom is -0.481 e. The highest BCUT2D eigenvalue weighted by atomic mass is 16.4. The Hall–Kier alpha value is -2.10. The van der Waals surface area contributed by atoms with E-state index >= 15 is 0 Å². The molecule has 2 bridgehead atoms. The molecule has 4 nitrogen and oxygen atoms in total. The van der Waals surface area contributed by atoms with Crippen molar-refractivity contribution in [1.82, 2.24) is 5.32 Å². The summed E-state index contributed by atoms with van der Waals surface area (Å²) in [4.78, 5) is 24.3. The van der Waals surface area contributed by atoms with Crippen molar-refractivity contribution < 1.29 is 14.7 Å². The molecule has 3 aliphatic carbocycles. The monoisotopic (exact) mass is 325 g/mol. The van der Waals surface area contributed by atoms with Crippen LogP contribution < -0.4 is 5.32 Å². The smallest absolute Gasteiger partial charge is 0.307 e. The van der Waals surface area contributed by atoms with Gasteiger partial charge in [0.1, 0.15) is 0 Å². The van der Waals surface area contributed by atoms with Crippen LogP contribution in [0.1, 0.15) is 24.5 Å². The second-order valence-corrected chi connectivity index (χ2v) is 7.99. The van der Waals surface area contributed by atoms with Gasteiger partial charge in [-0.3, -0.25) is 9.59 Å². The third-order valence-corrected chi connectivity index (χ3v) is 6.09. The Kier molecular flexibility index (Phi) is 3.52. The Balaban J connectivity index is 1.42. The van der Waals surface area contributed by atoms with Gasteiger partial charge < -0.3 is 10.4 Å². The summed E-state index contributed by atoms with van der Waals surface area (Å²) in [7, 11) is 0. The molecule has 0 aromatic heterocycles. The highest BCUT2D eigenvalue weighted by Crippen LogP contribution is 2.48. The predicted molar refractivity (Wildman–Crippen MR) is 90.3 cm³/mol. The maximum Gasteiger partial charge on any atom is 0.307 e. The van der Waals surface area contributed by atoms with Crippen molar-refractivity contribution in [2.45, 2.75) is 26.2 Å². The molecule has 3 aliphatic rings. The van der Waals surface area contributed by atoms with Crippen LogP contribution in [0.5, 0.6) is 0 Å². The first-order valence-corrected chi connectivity index (χ1v) is 8.72. The van der Waals surface area contributed by atoms with Crippen LogP contribution in [-0.2, 0) is 22.4 Å². The number of hydrogen-bond acceptors (Lipinski definition) is 2. The molecule has 0 aliphatic heterocycles. The van der Waals surface area contributed by atoms with Gasteiger partial charge >= 0.3 is 5.97 Å². The number of rotatable bonds is 4. The normalized spacial score (nSPS) is 31.9. The largest absolute Gasteiger partial charge is 0.481 e. The molecule has 1 saturated carbocycles. The Labute approximate surface area is 142 Å². The highest BCUT2D eigenvalue weighted by Gasteiger charge is 2.51. The minimum atomic E-state index is -0.841. The summed E-state index contributed by atoms with van der Waals surface area (Å²) < 4.78 is 0. The molecule has 4 unspecified atom stereocenters. The van der Waals surface area contributed by atoms with Crippen LogP contribution in [0.3, 0.4) is 0 Å². The number of carbonyl (C=O) groups is 2. The van der Waals surface area contributed by atoms with Crippen molar-refractivity contribution in [3.05, 3.63) is 47.5 Å². The van der Waals surface area contributed by atoms with Crippen LogP contribution in [-0.4, -0.2) is 23.5 Å². The zero-order valence-corrected chi connectivity index (χ0v) is 13.9. The first-order chi connectivity index (χ1) is 11.5. The zero-order valence-electron chi connectivity index (χ0n) is 13.9. The van der Waals surface area contributed by atoms with E-state index in [9.17, 15) is 14.7 Å². The van der Waals surface area contributed by atoms with Crippen molar-refractivity contribution in [2.24, 2.45) is 29.1 Å². The average molecular weight is 325 g/mol. The number of allylic oxidation sites excluding steroid dienone is 2. The van der Waals surface area contributed by atoms with E-state index in [-0.39, 0.29) is 23.2 Å². The Bertz CT molecular complexity index is 698. The Morgan fingerprint density at radius 1 is 1.12 bits per heavy atom. The topological polar surface area (TPSA) is 66.4 Å². The third-order valence-electron chi connectivity index (χ3n) is 6.09. The molecule has 2 N–H and O–H groups in total. The lowest BCUT2D eigenvalue weighted by atomic mass is 9.81. The van der Waals surface area contributed by atoms with Crippen molar-refractivity contribution in [3.8, 4) is 0 Å². The van der Waals surface area contributed by atoms with Gasteiger partial charge in [-0.1, -0.05) is 43.3 Å². The van der Waals surface area contributed by atoms with Crippen LogP contribution in [0.2, 0.25) is 0 Å². The van der Waals surface area contributed by atoms with Gasteiger partial charge in [-0.05, 0) is 47.6 Å². The second-order valence-electron chi connectivity index (χ2n) is 7.99. The number of fused-ring (bicyclic) bond motifs is 3. The molecular weight excluding hydrogens is 302 g/mol. The maximum absolute atomic E-state index is 12.7. The zero-order chi connectivity index (χ0) is 16.9. The second kappa shape index (κ2) is 5.47. The maximum atomic E-state index is 12.7. The van der Waals surface area contributed by atoms with E-state index in [1.807, 2.05) is 12.2 Å². The lowest BCUT2D eigenvalue weighted by Crippen LogP contribution is -2.44. The van der Waals surface area contributed by atoms with Crippen molar-refractivity contribution >= 4 is 11.9 Å². The first kappa shape index (κ1) is 15.4. The number of carboxylic acid groups (broad SMARTS) is 1. The predicted octanol–water partition coefficient (Wildman–Crippen LogP) is 2.43. The highest BCUT2D eigenvalue weighted by molar-refractivity contribution is 5.86. The summed E-state index contributed by atoms with van der Waals surface area (Å²) >= 11 is 0. The van der Waals surface area contributed by atoms with Crippen LogP contribution in [0.4, 0.5) is 0 Å². The van der Waals surface area contributed by atoms with Crippen molar-refractivity contribution in [2.75, 3.05) is 6.54 Å². The molecule has 1 amide bonds. The van der Waals surface area contributed by atoms with Crippen LogP contribution in [0, 0.1) is 29.1 Å². The van der Waals surface area contributed by atoms with Gasteiger partial charge in [-0.25, -0.2) is 0 Å². The Morgan fingerprint density at radius 3 is 2.29 bits per heavy atom. The van der Waals surface area contributed by atoms with E-state index in [1.54, 1.807) is 0 Å². The molecular formula is C20H23NO3. The average Bonchev–Trinajstić information content (AvgIpc) is 3.23. The van der Waals surface area contributed by atoms with Crippen molar-refractivity contribution in [3.63, 3.8) is 0 Å². The van der Waals surface area contributed by atoms with E-state index in [0.29, 0.717) is 6.54 Å². The molecule has 4 atom stereocenters. The number of carbonyl (C=O) groups excluding carboxylic acids is 1. The minimum absolute atomic E-state index is 0.0194. The van der Waals surface area contributed by atoms with Gasteiger partial charge in [-0.15, -0.1) is 0 Å². The molecule has 4 rings (SSSR count). The summed E-state index contributed by atoms with van der Waals surface area (Å²) in [6.07, 6.45) is 6.73. The van der Waals surface area contributed by atoms with Gasteiger partial charge in [0.25, 0.3) is 0 Å². The number of benzene rings is 1. The lowest BCUT2D eigenvalue weighted by Gasteiger charge is -2.28. The molecule has 0 saturated heterocycles. The molecule has 4 heteroatoms. The van der Waals surface area contributed by atoms with Gasteiger partial charge in [-0.2, -0.15) is 0 Å². The SMILES string of the molecule is CC1(CNC(=O)C2C3C=CC(C3)C2C(=O)O)Cc2ccccc2C1. The summed E-state index contributed by atoms with van der Waals surface area (Å²) in [5.74, 6) is -1.79. The van der Waals surface area contributed by atoms with Gasteiger partial charge in [0.15, 0.2) is 0 Å². The molecule has 24 heavy (non-hydrogen) atoms. The molecule has 0 radical (unpaired) electrons. The summed E-state index contributed by atoms with van der Waals surface area (Å²) in [5.41, 5.74) is 2.74. The number of aliphatic carboxylic acids is 1. The van der Waals surface area contributed by atoms with Gasteiger partial charge in [0.05, 0.1) is 11.8 Å². The third kappa shape index (κ3) is 2.45. The molecule has 126 valence electrons. The summed E-state index contributed by atoms with van der Waals surface area (Å²) in [6.45, 7) is 2.80. The molecule has 1 fully saturated rings. The van der Waals surface area contributed by atoms with Gasteiger partial charge in [0, 0.05) is 6.54 Å². The van der Waals surface area contributed by atoms with Crippen molar-refractivity contribution in [1.29, 1.82) is 0 Å². The fourth-order valence-electron chi connectivity index (χ4n) is 4.94. The fraction of sp³-hybridized carbons (Fsp3) is 0.500.